The maximum atomic E-state index is 13.8. The number of halogens is 1. The number of imide groups is 1. The highest BCUT2D eigenvalue weighted by molar-refractivity contribution is 6.46. The van der Waals surface area contributed by atoms with Crippen LogP contribution in [-0.2, 0) is 16.0 Å². The van der Waals surface area contributed by atoms with Gasteiger partial charge in [-0.25, -0.2) is 9.29 Å². The molecule has 33 heavy (non-hydrogen) atoms. The van der Waals surface area contributed by atoms with Crippen molar-refractivity contribution in [3.8, 4) is 5.75 Å². The normalized spacial score (nSPS) is 15.5. The van der Waals surface area contributed by atoms with Gasteiger partial charge in [0, 0.05) is 18.3 Å². The lowest BCUT2D eigenvalue weighted by Gasteiger charge is -2.22. The van der Waals surface area contributed by atoms with Crippen LogP contribution < -0.4 is 14.5 Å². The Balaban J connectivity index is 1.62. The first-order chi connectivity index (χ1) is 16.1. The van der Waals surface area contributed by atoms with E-state index in [1.807, 2.05) is 36.1 Å². The van der Waals surface area contributed by atoms with Crippen LogP contribution in [0.5, 0.6) is 5.75 Å². The first-order valence-corrected chi connectivity index (χ1v) is 11.1. The molecule has 0 aromatic heterocycles. The zero-order valence-electron chi connectivity index (χ0n) is 18.3. The molecule has 2 aliphatic heterocycles. The van der Waals surface area contributed by atoms with Crippen LogP contribution >= 0.6 is 0 Å². The Kier molecular flexibility index (Phi) is 5.42. The molecule has 0 atom stereocenters. The van der Waals surface area contributed by atoms with Crippen LogP contribution in [0.25, 0.3) is 5.57 Å². The summed E-state index contributed by atoms with van der Waals surface area (Å²) in [5.74, 6) is -0.637. The van der Waals surface area contributed by atoms with E-state index in [9.17, 15) is 14.0 Å². The van der Waals surface area contributed by atoms with Crippen LogP contribution in [0, 0.1) is 5.82 Å². The number of benzene rings is 3. The Morgan fingerprint density at radius 3 is 2.52 bits per heavy atom. The smallest absolute Gasteiger partial charge is 0.282 e. The molecule has 166 valence electrons. The molecule has 0 unspecified atom stereocenters. The number of anilines is 2. The van der Waals surface area contributed by atoms with Crippen molar-refractivity contribution in [2.75, 3.05) is 23.0 Å². The number of hydrogen-bond acceptors (Lipinski definition) is 4. The molecule has 5 nitrogen and oxygen atoms in total. The van der Waals surface area contributed by atoms with E-state index in [0.717, 1.165) is 24.1 Å². The Morgan fingerprint density at radius 2 is 1.73 bits per heavy atom. The fourth-order valence-electron chi connectivity index (χ4n) is 4.38. The van der Waals surface area contributed by atoms with Crippen LogP contribution in [-0.4, -0.2) is 25.0 Å². The topological polar surface area (TPSA) is 49.9 Å². The van der Waals surface area contributed by atoms with E-state index >= 15 is 0 Å². The van der Waals surface area contributed by atoms with Gasteiger partial charge in [-0.15, -0.1) is 0 Å². The Bertz CT molecular complexity index is 1270. The predicted molar refractivity (Wildman–Crippen MR) is 126 cm³/mol. The van der Waals surface area contributed by atoms with Crippen molar-refractivity contribution >= 4 is 28.8 Å². The highest BCUT2D eigenvalue weighted by atomic mass is 19.1. The molecule has 5 rings (SSSR count). The summed E-state index contributed by atoms with van der Waals surface area (Å²) in [5, 5.41) is 0. The molecule has 2 heterocycles. The summed E-state index contributed by atoms with van der Waals surface area (Å²) in [5.41, 5.74) is 3.58. The lowest BCUT2D eigenvalue weighted by Crippen LogP contribution is -2.34. The van der Waals surface area contributed by atoms with Crippen LogP contribution in [0.15, 0.2) is 78.5 Å². The maximum absolute atomic E-state index is 13.8. The number of carbonyl (C=O) groups is 2. The standard InChI is InChI=1S/C27H23FN2O3/c1-2-16-33-22-8-5-7-21(17-22)30-26(31)24(19-10-12-20(28)13-11-19)25(27(30)32)29-15-14-18-6-3-4-9-23(18)29/h3-13,17H,2,14-16H2,1H3. The fourth-order valence-corrected chi connectivity index (χ4v) is 4.38. The highest BCUT2D eigenvalue weighted by Crippen LogP contribution is 2.40. The minimum atomic E-state index is -0.432. The van der Waals surface area contributed by atoms with Gasteiger partial charge in [-0.1, -0.05) is 43.3 Å². The zero-order valence-corrected chi connectivity index (χ0v) is 18.3. The van der Waals surface area contributed by atoms with Crippen molar-refractivity contribution in [2.24, 2.45) is 0 Å². The number of fused-ring (bicyclic) bond motifs is 1. The Labute approximate surface area is 191 Å². The molecule has 0 N–H and O–H groups in total. The van der Waals surface area contributed by atoms with E-state index in [2.05, 4.69) is 0 Å². The van der Waals surface area contributed by atoms with Crippen molar-refractivity contribution in [2.45, 2.75) is 19.8 Å². The minimum Gasteiger partial charge on any atom is -0.494 e. The van der Waals surface area contributed by atoms with Crippen LogP contribution in [0.1, 0.15) is 24.5 Å². The summed E-state index contributed by atoms with van der Waals surface area (Å²) in [6, 6.07) is 20.6. The third-order valence-corrected chi connectivity index (χ3v) is 5.90. The lowest BCUT2D eigenvalue weighted by molar-refractivity contribution is -0.120. The highest BCUT2D eigenvalue weighted by Gasteiger charge is 2.44. The largest absolute Gasteiger partial charge is 0.494 e. The molecule has 6 heteroatoms. The summed E-state index contributed by atoms with van der Waals surface area (Å²) in [7, 11) is 0. The van der Waals surface area contributed by atoms with E-state index in [0.29, 0.717) is 35.8 Å². The molecule has 0 fully saturated rings. The number of nitrogens with zero attached hydrogens (tertiary/aromatic N) is 2. The molecule has 0 aliphatic carbocycles. The molecule has 0 spiro atoms. The summed E-state index contributed by atoms with van der Waals surface area (Å²) >= 11 is 0. The van der Waals surface area contributed by atoms with E-state index < -0.39 is 17.6 Å². The number of carbonyl (C=O) groups excluding carboxylic acids is 2. The van der Waals surface area contributed by atoms with Gasteiger partial charge in [-0.3, -0.25) is 9.59 Å². The average molecular weight is 442 g/mol. The SMILES string of the molecule is CCCOc1cccc(N2C(=O)C(c3ccc(F)cc3)=C(N3CCc4ccccc43)C2=O)c1. The van der Waals surface area contributed by atoms with Gasteiger partial charge in [0.25, 0.3) is 11.8 Å². The molecule has 0 bridgehead atoms. The van der Waals surface area contributed by atoms with Crippen molar-refractivity contribution in [3.63, 3.8) is 0 Å². The van der Waals surface area contributed by atoms with Gasteiger partial charge in [0.2, 0.25) is 0 Å². The van der Waals surface area contributed by atoms with Crippen molar-refractivity contribution < 1.29 is 18.7 Å². The average Bonchev–Trinajstić information content (AvgIpc) is 3.36. The summed E-state index contributed by atoms with van der Waals surface area (Å²) in [6.07, 6.45) is 1.62. The Morgan fingerprint density at radius 1 is 0.939 bits per heavy atom. The minimum absolute atomic E-state index is 0.275. The summed E-state index contributed by atoms with van der Waals surface area (Å²) in [4.78, 5) is 30.6. The second-order valence-corrected chi connectivity index (χ2v) is 8.05. The van der Waals surface area contributed by atoms with E-state index in [1.54, 1.807) is 36.4 Å². The van der Waals surface area contributed by atoms with Gasteiger partial charge < -0.3 is 9.64 Å². The third kappa shape index (κ3) is 3.67. The zero-order chi connectivity index (χ0) is 22.9. The molecule has 2 aliphatic rings. The predicted octanol–water partition coefficient (Wildman–Crippen LogP) is 4.96. The van der Waals surface area contributed by atoms with E-state index in [4.69, 9.17) is 4.74 Å². The number of para-hydroxylation sites is 1. The van der Waals surface area contributed by atoms with Crippen LogP contribution in [0.3, 0.4) is 0 Å². The Hall–Kier alpha value is -3.93. The molecule has 3 aromatic rings. The molecule has 0 saturated heterocycles. The van der Waals surface area contributed by atoms with Crippen molar-refractivity contribution in [3.05, 3.63) is 95.4 Å². The van der Waals surface area contributed by atoms with E-state index in [1.165, 1.54) is 17.0 Å². The first kappa shape index (κ1) is 20.9. The fraction of sp³-hybridized carbons (Fsp3) is 0.185. The third-order valence-electron chi connectivity index (χ3n) is 5.90. The number of ether oxygens (including phenoxy) is 1. The van der Waals surface area contributed by atoms with Crippen molar-refractivity contribution in [1.29, 1.82) is 0 Å². The first-order valence-electron chi connectivity index (χ1n) is 11.1. The van der Waals surface area contributed by atoms with Crippen LogP contribution in [0.2, 0.25) is 0 Å². The molecule has 0 radical (unpaired) electrons. The van der Waals surface area contributed by atoms with Gasteiger partial charge in [0.15, 0.2) is 0 Å². The number of amides is 2. The quantitative estimate of drug-likeness (QED) is 0.506. The molecular formula is C27H23FN2O3. The van der Waals surface area contributed by atoms with Gasteiger partial charge in [-0.2, -0.15) is 0 Å². The lowest BCUT2D eigenvalue weighted by atomic mass is 10.0. The molecule has 2 amide bonds. The van der Waals surface area contributed by atoms with Crippen molar-refractivity contribution in [1.82, 2.24) is 0 Å². The molecule has 0 saturated carbocycles. The number of rotatable bonds is 6. The van der Waals surface area contributed by atoms with Gasteiger partial charge in [-0.05, 0) is 54.3 Å². The van der Waals surface area contributed by atoms with Gasteiger partial charge >= 0.3 is 0 Å². The second kappa shape index (κ2) is 8.54. The van der Waals surface area contributed by atoms with Crippen LogP contribution in [0.4, 0.5) is 15.8 Å². The molecule has 3 aromatic carbocycles. The summed E-state index contributed by atoms with van der Waals surface area (Å²) in [6.45, 7) is 3.14. The maximum Gasteiger partial charge on any atom is 0.282 e. The molecular weight excluding hydrogens is 419 g/mol. The monoisotopic (exact) mass is 442 g/mol. The number of hydrogen-bond donors (Lipinski definition) is 0. The van der Waals surface area contributed by atoms with Gasteiger partial charge in [0.1, 0.15) is 17.3 Å². The second-order valence-electron chi connectivity index (χ2n) is 8.05. The van der Waals surface area contributed by atoms with Gasteiger partial charge in [0.05, 0.1) is 17.9 Å². The summed E-state index contributed by atoms with van der Waals surface area (Å²) < 4.78 is 19.3. The van der Waals surface area contributed by atoms with E-state index in [-0.39, 0.29) is 5.57 Å².